The number of aromatic nitrogens is 1. The monoisotopic (exact) mass is 317 g/mol. The van der Waals surface area contributed by atoms with Gasteiger partial charge in [0, 0.05) is 13.1 Å². The van der Waals surface area contributed by atoms with Gasteiger partial charge in [0.2, 0.25) is 5.66 Å². The summed E-state index contributed by atoms with van der Waals surface area (Å²) in [5, 5.41) is 12.3. The topological polar surface area (TPSA) is 105 Å². The predicted octanol–water partition coefficient (Wildman–Crippen LogP) is 1.65. The van der Waals surface area contributed by atoms with Crippen LogP contribution in [-0.2, 0) is 4.79 Å². The van der Waals surface area contributed by atoms with Crippen LogP contribution in [0.3, 0.4) is 0 Å². The van der Waals surface area contributed by atoms with Crippen LogP contribution in [0.5, 0.6) is 5.75 Å². The fraction of sp³-hybridized carbons (Fsp3) is 0.267. The summed E-state index contributed by atoms with van der Waals surface area (Å²) in [6.07, 6.45) is 2.79. The molecule has 0 saturated carbocycles. The van der Waals surface area contributed by atoms with Crippen LogP contribution in [0.2, 0.25) is 0 Å². The third-order valence-electron chi connectivity index (χ3n) is 4.04. The molecule has 2 N–H and O–H groups in total. The van der Waals surface area contributed by atoms with Crippen molar-refractivity contribution in [1.82, 2.24) is 9.88 Å². The Morgan fingerprint density at radius 3 is 2.74 bits per heavy atom. The lowest BCUT2D eigenvalue weighted by molar-refractivity contribution is -0.146. The summed E-state index contributed by atoms with van der Waals surface area (Å²) < 4.78 is 10.6. The normalized spacial score (nSPS) is 20.0. The van der Waals surface area contributed by atoms with Gasteiger partial charge in [-0.05, 0) is 13.0 Å². The molecule has 0 saturated heterocycles. The van der Waals surface area contributed by atoms with Gasteiger partial charge >= 0.3 is 5.97 Å². The smallest absolute Gasteiger partial charge is 0.350 e. The highest BCUT2D eigenvalue weighted by Crippen LogP contribution is 2.39. The van der Waals surface area contributed by atoms with Gasteiger partial charge < -0.3 is 24.5 Å². The first kappa shape index (κ1) is 14.9. The Hall–Kier alpha value is -3.03. The minimum Gasteiger partial charge on any atom is -0.496 e. The minimum absolute atomic E-state index is 0.332. The van der Waals surface area contributed by atoms with Crippen molar-refractivity contribution < 1.29 is 23.8 Å². The van der Waals surface area contributed by atoms with E-state index in [4.69, 9.17) is 9.15 Å². The number of benzene rings is 1. The molecule has 2 aromatic rings. The maximum absolute atomic E-state index is 12.6. The Morgan fingerprint density at radius 2 is 2.17 bits per heavy atom. The van der Waals surface area contributed by atoms with E-state index >= 15 is 0 Å². The third kappa shape index (κ3) is 2.10. The van der Waals surface area contributed by atoms with Gasteiger partial charge in [-0.3, -0.25) is 4.79 Å². The highest BCUT2D eigenvalue weighted by molar-refractivity contribution is 6.07. The van der Waals surface area contributed by atoms with E-state index in [2.05, 4.69) is 10.3 Å². The summed E-state index contributed by atoms with van der Waals surface area (Å²) >= 11 is 0. The zero-order chi connectivity index (χ0) is 16.8. The molecule has 2 heterocycles. The van der Waals surface area contributed by atoms with Crippen molar-refractivity contribution >= 4 is 17.6 Å². The molecule has 3 rings (SSSR count). The number of oxazole rings is 1. The van der Waals surface area contributed by atoms with Crippen molar-refractivity contribution in [2.75, 3.05) is 19.5 Å². The maximum atomic E-state index is 12.6. The highest BCUT2D eigenvalue weighted by Gasteiger charge is 2.45. The van der Waals surface area contributed by atoms with Gasteiger partial charge in [-0.1, -0.05) is 0 Å². The number of nitrogens with zero attached hydrogens (tertiary/aromatic N) is 2. The molecule has 1 aliphatic rings. The number of nitrogens with one attached hydrogen (secondary N) is 1. The first-order chi connectivity index (χ1) is 10.9. The predicted molar refractivity (Wildman–Crippen MR) is 80.2 cm³/mol. The lowest BCUT2D eigenvalue weighted by atomic mass is 9.98. The Balaban J connectivity index is 2.18. The van der Waals surface area contributed by atoms with E-state index in [1.54, 1.807) is 12.1 Å². The maximum Gasteiger partial charge on any atom is 0.350 e. The molecule has 1 atom stereocenters. The quantitative estimate of drug-likeness (QED) is 0.886. The Labute approximate surface area is 131 Å². The van der Waals surface area contributed by atoms with Crippen molar-refractivity contribution in [1.29, 1.82) is 0 Å². The van der Waals surface area contributed by atoms with Crippen LogP contribution in [0.4, 0.5) is 5.69 Å². The molecular formula is C15H15N3O5. The van der Waals surface area contributed by atoms with E-state index in [0.29, 0.717) is 28.3 Å². The number of ether oxygens (including phenoxy) is 1. The van der Waals surface area contributed by atoms with Gasteiger partial charge in [0.25, 0.3) is 5.91 Å². The molecule has 1 aliphatic heterocycles. The van der Waals surface area contributed by atoms with Crippen molar-refractivity contribution in [3.05, 3.63) is 30.3 Å². The first-order valence-corrected chi connectivity index (χ1v) is 6.79. The number of methoxy groups -OCH3 is 1. The molecule has 0 radical (unpaired) electrons. The summed E-state index contributed by atoms with van der Waals surface area (Å²) in [7, 11) is 2.92. The fourth-order valence-electron chi connectivity index (χ4n) is 2.50. The fourth-order valence-corrected chi connectivity index (χ4v) is 2.50. The zero-order valence-corrected chi connectivity index (χ0v) is 12.8. The summed E-state index contributed by atoms with van der Waals surface area (Å²) in [6.45, 7) is 1.42. The second-order valence-corrected chi connectivity index (χ2v) is 5.33. The van der Waals surface area contributed by atoms with E-state index in [9.17, 15) is 14.7 Å². The third-order valence-corrected chi connectivity index (χ3v) is 4.04. The highest BCUT2D eigenvalue weighted by atomic mass is 16.5. The largest absolute Gasteiger partial charge is 0.496 e. The van der Waals surface area contributed by atoms with Gasteiger partial charge in [0.15, 0.2) is 12.2 Å². The molecule has 1 amide bonds. The molecular weight excluding hydrogens is 302 g/mol. The lowest BCUT2D eigenvalue weighted by Crippen LogP contribution is -2.61. The number of fused-ring (bicyclic) bond motifs is 1. The van der Waals surface area contributed by atoms with Crippen LogP contribution in [0.25, 0.3) is 11.3 Å². The van der Waals surface area contributed by atoms with Crippen molar-refractivity contribution in [3.63, 3.8) is 0 Å². The van der Waals surface area contributed by atoms with Crippen molar-refractivity contribution in [3.8, 4) is 17.1 Å². The van der Waals surface area contributed by atoms with Crippen LogP contribution in [0.1, 0.15) is 17.3 Å². The second kappa shape index (κ2) is 5.01. The van der Waals surface area contributed by atoms with Gasteiger partial charge in [-0.2, -0.15) is 0 Å². The Bertz CT molecular complexity index is 787. The number of hydrogen-bond donors (Lipinski definition) is 2. The molecule has 8 heteroatoms. The zero-order valence-electron chi connectivity index (χ0n) is 12.8. The molecule has 8 nitrogen and oxygen atoms in total. The summed E-state index contributed by atoms with van der Waals surface area (Å²) in [4.78, 5) is 29.1. The van der Waals surface area contributed by atoms with Gasteiger partial charge in [-0.25, -0.2) is 9.78 Å². The molecule has 120 valence electrons. The number of carboxylic acids is 1. The van der Waals surface area contributed by atoms with Crippen LogP contribution in [-0.4, -0.2) is 46.7 Å². The van der Waals surface area contributed by atoms with Crippen LogP contribution < -0.4 is 10.1 Å². The number of anilines is 1. The molecule has 0 spiro atoms. The lowest BCUT2D eigenvalue weighted by Gasteiger charge is -2.41. The van der Waals surface area contributed by atoms with Gasteiger partial charge in [0.1, 0.15) is 5.75 Å². The second-order valence-electron chi connectivity index (χ2n) is 5.33. The molecule has 0 fully saturated rings. The summed E-state index contributed by atoms with van der Waals surface area (Å²) in [5.74, 6) is -0.672. The number of rotatable bonds is 3. The number of hydrogen-bond acceptors (Lipinski definition) is 6. The van der Waals surface area contributed by atoms with Gasteiger partial charge in [0.05, 0.1) is 30.1 Å². The summed E-state index contributed by atoms with van der Waals surface area (Å²) in [6, 6.07) is 3.18. The van der Waals surface area contributed by atoms with Crippen LogP contribution in [0.15, 0.2) is 29.1 Å². The molecule has 1 aromatic carbocycles. The average molecular weight is 317 g/mol. The Morgan fingerprint density at radius 1 is 1.43 bits per heavy atom. The van der Waals surface area contributed by atoms with E-state index in [-0.39, 0.29) is 0 Å². The number of carbonyl (C=O) groups is 2. The molecule has 23 heavy (non-hydrogen) atoms. The number of amides is 1. The van der Waals surface area contributed by atoms with Crippen LogP contribution >= 0.6 is 0 Å². The van der Waals surface area contributed by atoms with Crippen molar-refractivity contribution in [2.45, 2.75) is 12.6 Å². The molecule has 1 unspecified atom stereocenters. The SMILES string of the molecule is COc1cc2c(cc1-c1cnco1)C(=O)N(C)C(C)(C(=O)O)N2. The van der Waals surface area contributed by atoms with Gasteiger partial charge in [-0.15, -0.1) is 0 Å². The van der Waals surface area contributed by atoms with E-state index in [1.807, 2.05) is 0 Å². The van der Waals surface area contributed by atoms with E-state index in [0.717, 1.165) is 4.90 Å². The number of likely N-dealkylation sites (N-methyl/N-ethyl adjacent to an activating group) is 1. The number of carboxylic acid groups (broad SMARTS) is 1. The standard InChI is InChI=1S/C15H15N3O5/c1-15(14(20)21)17-10-5-11(22-3)9(12-6-16-7-23-12)4-8(10)13(19)18(15)2/h4-7,17H,1-3H3,(H,20,21). The summed E-state index contributed by atoms with van der Waals surface area (Å²) in [5.41, 5.74) is -0.258. The number of carbonyl (C=O) groups excluding carboxylic acids is 1. The molecule has 0 bridgehead atoms. The number of aliphatic carboxylic acids is 1. The first-order valence-electron chi connectivity index (χ1n) is 6.79. The van der Waals surface area contributed by atoms with Crippen LogP contribution in [0, 0.1) is 0 Å². The minimum atomic E-state index is -1.54. The van der Waals surface area contributed by atoms with E-state index in [1.165, 1.54) is 33.7 Å². The van der Waals surface area contributed by atoms with E-state index < -0.39 is 17.5 Å². The molecule has 1 aromatic heterocycles. The molecule has 0 aliphatic carbocycles. The Kier molecular flexibility index (Phi) is 3.24. The average Bonchev–Trinajstić information content (AvgIpc) is 3.05. The van der Waals surface area contributed by atoms with Crippen molar-refractivity contribution in [2.24, 2.45) is 0 Å².